The number of nitrogens with zero attached hydrogens (tertiary/aromatic N) is 1. The minimum atomic E-state index is -0.0633. The van der Waals surface area contributed by atoms with Gasteiger partial charge in [-0.25, -0.2) is 0 Å². The van der Waals surface area contributed by atoms with Crippen molar-refractivity contribution >= 4 is 17.7 Å². The van der Waals surface area contributed by atoms with Gasteiger partial charge in [0.15, 0.2) is 11.5 Å². The zero-order chi connectivity index (χ0) is 21.6. The zero-order valence-corrected chi connectivity index (χ0v) is 18.4. The van der Waals surface area contributed by atoms with Crippen LogP contribution < -0.4 is 14.2 Å². The monoisotopic (exact) mass is 435 g/mol. The highest BCUT2D eigenvalue weighted by Gasteiger charge is 2.33. The lowest BCUT2D eigenvalue weighted by Gasteiger charge is -2.25. The molecule has 0 spiro atoms. The molecule has 0 aromatic heterocycles. The summed E-state index contributed by atoms with van der Waals surface area (Å²) in [6.07, 6.45) is 0. The summed E-state index contributed by atoms with van der Waals surface area (Å²) in [6.45, 7) is 1.02. The Kier molecular flexibility index (Phi) is 6.67. The Bertz CT molecular complexity index is 1020. The lowest BCUT2D eigenvalue weighted by atomic mass is 10.1. The number of ether oxygens (including phenoxy) is 3. The molecule has 31 heavy (non-hydrogen) atoms. The van der Waals surface area contributed by atoms with Gasteiger partial charge in [-0.15, -0.1) is 11.8 Å². The predicted octanol–water partition coefficient (Wildman–Crippen LogP) is 5.06. The van der Waals surface area contributed by atoms with Gasteiger partial charge in [0, 0.05) is 6.54 Å². The van der Waals surface area contributed by atoms with E-state index in [-0.39, 0.29) is 11.3 Å². The second kappa shape index (κ2) is 9.79. The molecule has 0 aliphatic carbocycles. The van der Waals surface area contributed by atoms with Crippen LogP contribution in [0.5, 0.6) is 17.2 Å². The van der Waals surface area contributed by atoms with Crippen LogP contribution >= 0.6 is 11.8 Å². The van der Waals surface area contributed by atoms with Gasteiger partial charge in [0.2, 0.25) is 5.91 Å². The maximum absolute atomic E-state index is 12.6. The first-order valence-corrected chi connectivity index (χ1v) is 11.1. The molecule has 0 bridgehead atoms. The van der Waals surface area contributed by atoms with E-state index < -0.39 is 0 Å². The lowest BCUT2D eigenvalue weighted by Crippen LogP contribution is -2.27. The molecule has 1 fully saturated rings. The third-order valence-corrected chi connectivity index (χ3v) is 6.45. The van der Waals surface area contributed by atoms with E-state index in [1.54, 1.807) is 26.0 Å². The molecule has 3 aromatic rings. The molecule has 0 radical (unpaired) electrons. The molecule has 4 rings (SSSR count). The number of methoxy groups -OCH3 is 2. The average molecular weight is 436 g/mol. The topological polar surface area (TPSA) is 48.0 Å². The summed E-state index contributed by atoms with van der Waals surface area (Å²) in [6, 6.07) is 23.7. The van der Waals surface area contributed by atoms with Gasteiger partial charge in [-0.2, -0.15) is 0 Å². The van der Waals surface area contributed by atoms with E-state index in [1.807, 2.05) is 77.7 Å². The van der Waals surface area contributed by atoms with Crippen molar-refractivity contribution in [3.8, 4) is 17.2 Å². The van der Waals surface area contributed by atoms with Crippen LogP contribution in [-0.2, 0) is 17.9 Å². The van der Waals surface area contributed by atoms with Gasteiger partial charge in [0.25, 0.3) is 0 Å². The molecule has 5 nitrogen and oxygen atoms in total. The predicted molar refractivity (Wildman–Crippen MR) is 123 cm³/mol. The Hall–Kier alpha value is -3.12. The van der Waals surface area contributed by atoms with Gasteiger partial charge in [0.1, 0.15) is 17.7 Å². The van der Waals surface area contributed by atoms with Crippen molar-refractivity contribution in [1.29, 1.82) is 0 Å². The summed E-state index contributed by atoms with van der Waals surface area (Å²) in [5, 5.41) is -0.0633. The number of benzene rings is 3. The van der Waals surface area contributed by atoms with Gasteiger partial charge < -0.3 is 19.1 Å². The van der Waals surface area contributed by atoms with Gasteiger partial charge in [-0.05, 0) is 41.0 Å². The minimum Gasteiger partial charge on any atom is -0.497 e. The number of thioether (sulfide) groups is 1. The van der Waals surface area contributed by atoms with Crippen molar-refractivity contribution in [3.05, 3.63) is 89.5 Å². The fourth-order valence-corrected chi connectivity index (χ4v) is 4.70. The highest BCUT2D eigenvalue weighted by Crippen LogP contribution is 2.42. The molecule has 6 heteroatoms. The standard InChI is InChI=1S/C25H25NO4S/c1-28-21-11-8-18(9-12-21)15-26-24(27)17-31-25(26)20-10-13-22(23(14-20)29-2)30-16-19-6-4-3-5-7-19/h3-14,25H,15-17H2,1-2H3. The molecule has 0 N–H and O–H groups in total. The molecule has 0 saturated carbocycles. The van der Waals surface area contributed by atoms with Crippen LogP contribution in [0, 0.1) is 0 Å². The van der Waals surface area contributed by atoms with Crippen LogP contribution in [0.2, 0.25) is 0 Å². The van der Waals surface area contributed by atoms with E-state index in [0.717, 1.165) is 22.4 Å². The number of carbonyl (C=O) groups is 1. The largest absolute Gasteiger partial charge is 0.497 e. The normalized spacial score (nSPS) is 15.7. The third kappa shape index (κ3) is 4.97. The van der Waals surface area contributed by atoms with Crippen molar-refractivity contribution in [2.75, 3.05) is 20.0 Å². The van der Waals surface area contributed by atoms with Crippen molar-refractivity contribution < 1.29 is 19.0 Å². The molecular weight excluding hydrogens is 410 g/mol. The van der Waals surface area contributed by atoms with Gasteiger partial charge >= 0.3 is 0 Å². The maximum atomic E-state index is 12.6. The number of hydrogen-bond acceptors (Lipinski definition) is 5. The molecule has 160 valence electrons. The minimum absolute atomic E-state index is 0.0633. The number of rotatable bonds is 8. The molecule has 3 aromatic carbocycles. The second-order valence-electron chi connectivity index (χ2n) is 7.22. The molecular formula is C25H25NO4S. The Balaban J connectivity index is 1.50. The van der Waals surface area contributed by atoms with Crippen LogP contribution in [0.3, 0.4) is 0 Å². The summed E-state index contributed by atoms with van der Waals surface area (Å²) in [7, 11) is 3.28. The van der Waals surface area contributed by atoms with Crippen LogP contribution in [0.4, 0.5) is 0 Å². The first kappa shape index (κ1) is 21.1. The van der Waals surface area contributed by atoms with Crippen molar-refractivity contribution in [3.63, 3.8) is 0 Å². The molecule has 1 aliphatic rings. The highest BCUT2D eigenvalue weighted by atomic mass is 32.2. The smallest absolute Gasteiger partial charge is 0.234 e. The van der Waals surface area contributed by atoms with Gasteiger partial charge in [0.05, 0.1) is 20.0 Å². The molecule has 1 heterocycles. The summed E-state index contributed by atoms with van der Waals surface area (Å²) in [5.74, 6) is 2.76. The molecule has 1 atom stereocenters. The molecule has 1 saturated heterocycles. The Labute approximate surface area is 186 Å². The van der Waals surface area contributed by atoms with E-state index in [1.165, 1.54) is 0 Å². The van der Waals surface area contributed by atoms with Crippen molar-refractivity contribution in [2.24, 2.45) is 0 Å². The first-order valence-electron chi connectivity index (χ1n) is 10.1. The SMILES string of the molecule is COc1ccc(CN2C(=O)CSC2c2ccc(OCc3ccccc3)c(OC)c2)cc1. The Morgan fingerprint density at radius 2 is 1.68 bits per heavy atom. The average Bonchev–Trinajstić information content (AvgIpc) is 3.18. The fraction of sp³-hybridized carbons (Fsp3) is 0.240. The quantitative estimate of drug-likeness (QED) is 0.495. The number of carbonyl (C=O) groups excluding carboxylic acids is 1. The van der Waals surface area contributed by atoms with Crippen LogP contribution in [0.15, 0.2) is 72.8 Å². The van der Waals surface area contributed by atoms with Gasteiger partial charge in [-0.3, -0.25) is 4.79 Å². The van der Waals surface area contributed by atoms with Crippen molar-refractivity contribution in [2.45, 2.75) is 18.5 Å². The summed E-state index contributed by atoms with van der Waals surface area (Å²) in [4.78, 5) is 14.5. The van der Waals surface area contributed by atoms with E-state index in [9.17, 15) is 4.79 Å². The fourth-order valence-electron chi connectivity index (χ4n) is 3.52. The molecule has 1 amide bonds. The van der Waals surface area contributed by atoms with E-state index in [2.05, 4.69) is 0 Å². The Morgan fingerprint density at radius 1 is 0.903 bits per heavy atom. The summed E-state index contributed by atoms with van der Waals surface area (Å²) >= 11 is 1.63. The van der Waals surface area contributed by atoms with Crippen LogP contribution in [0.25, 0.3) is 0 Å². The Morgan fingerprint density at radius 3 is 2.39 bits per heavy atom. The zero-order valence-electron chi connectivity index (χ0n) is 17.6. The number of hydrogen-bond donors (Lipinski definition) is 0. The lowest BCUT2D eigenvalue weighted by molar-refractivity contribution is -0.128. The van der Waals surface area contributed by atoms with Crippen LogP contribution in [0.1, 0.15) is 22.1 Å². The molecule has 1 aliphatic heterocycles. The summed E-state index contributed by atoms with van der Waals surface area (Å²) < 4.78 is 16.8. The third-order valence-electron chi connectivity index (χ3n) is 5.19. The van der Waals surface area contributed by atoms with E-state index >= 15 is 0 Å². The summed E-state index contributed by atoms with van der Waals surface area (Å²) in [5.41, 5.74) is 3.18. The van der Waals surface area contributed by atoms with Crippen molar-refractivity contribution in [1.82, 2.24) is 4.90 Å². The van der Waals surface area contributed by atoms with E-state index in [0.29, 0.717) is 30.4 Å². The molecule has 1 unspecified atom stereocenters. The van der Waals surface area contributed by atoms with Crippen LogP contribution in [-0.4, -0.2) is 30.8 Å². The first-order chi connectivity index (χ1) is 15.2. The highest BCUT2D eigenvalue weighted by molar-refractivity contribution is 8.00. The second-order valence-corrected chi connectivity index (χ2v) is 8.29. The maximum Gasteiger partial charge on any atom is 0.234 e. The number of amides is 1. The van der Waals surface area contributed by atoms with E-state index in [4.69, 9.17) is 14.2 Å². The van der Waals surface area contributed by atoms with Gasteiger partial charge in [-0.1, -0.05) is 48.5 Å².